The van der Waals surface area contributed by atoms with Crippen LogP contribution in [0.5, 0.6) is 0 Å². The summed E-state index contributed by atoms with van der Waals surface area (Å²) >= 11 is 0. The molecule has 5 heteroatoms. The van der Waals surface area contributed by atoms with Gasteiger partial charge in [-0.1, -0.05) is 11.8 Å². The first-order valence-corrected chi connectivity index (χ1v) is 5.44. The molecule has 0 aromatic heterocycles. The van der Waals surface area contributed by atoms with Crippen molar-refractivity contribution in [2.75, 3.05) is 25.1 Å². The van der Waals surface area contributed by atoms with Gasteiger partial charge in [-0.25, -0.2) is 4.39 Å². The van der Waals surface area contributed by atoms with Crippen LogP contribution in [0, 0.1) is 17.7 Å². The lowest BCUT2D eigenvalue weighted by Gasteiger charge is -2.05. The van der Waals surface area contributed by atoms with Crippen molar-refractivity contribution in [1.29, 1.82) is 0 Å². The third-order valence-corrected chi connectivity index (χ3v) is 1.99. The molecule has 2 N–H and O–H groups in total. The van der Waals surface area contributed by atoms with E-state index in [0.717, 1.165) is 0 Å². The maximum Gasteiger partial charge on any atom is 0.250 e. The molecule has 0 bridgehead atoms. The van der Waals surface area contributed by atoms with E-state index in [4.69, 9.17) is 9.84 Å². The minimum absolute atomic E-state index is 0.0653. The van der Waals surface area contributed by atoms with Gasteiger partial charge in [-0.3, -0.25) is 4.79 Å². The van der Waals surface area contributed by atoms with Crippen molar-refractivity contribution in [2.24, 2.45) is 0 Å². The summed E-state index contributed by atoms with van der Waals surface area (Å²) in [6.07, 6.45) is 0. The second kappa shape index (κ2) is 7.43. The van der Waals surface area contributed by atoms with Crippen LogP contribution in [-0.2, 0) is 9.53 Å². The van der Waals surface area contributed by atoms with Gasteiger partial charge in [0.25, 0.3) is 0 Å². The molecule has 0 aliphatic heterocycles. The molecular formula is C13H14FNO3. The number of benzene rings is 1. The normalized spacial score (nSPS) is 9.50. The molecule has 18 heavy (non-hydrogen) atoms. The lowest BCUT2D eigenvalue weighted by Crippen LogP contribution is -2.18. The Bertz CT molecular complexity index is 477. The van der Waals surface area contributed by atoms with E-state index in [2.05, 4.69) is 17.2 Å². The fourth-order valence-electron chi connectivity index (χ4n) is 1.22. The number of nitrogens with one attached hydrogen (secondary N) is 1. The first-order valence-electron chi connectivity index (χ1n) is 5.44. The zero-order valence-corrected chi connectivity index (χ0v) is 10.00. The number of carbonyl (C=O) groups is 1. The summed E-state index contributed by atoms with van der Waals surface area (Å²) in [5.74, 6) is 3.92. The average Bonchev–Trinajstić information content (AvgIpc) is 2.35. The second-order valence-electron chi connectivity index (χ2n) is 3.34. The van der Waals surface area contributed by atoms with Crippen LogP contribution in [0.2, 0.25) is 0 Å². The number of rotatable bonds is 4. The van der Waals surface area contributed by atoms with Gasteiger partial charge >= 0.3 is 0 Å². The summed E-state index contributed by atoms with van der Waals surface area (Å²) in [7, 11) is 0. The van der Waals surface area contributed by atoms with Gasteiger partial charge in [0.2, 0.25) is 5.91 Å². The van der Waals surface area contributed by atoms with E-state index in [1.807, 2.05) is 0 Å². The predicted octanol–water partition coefficient (Wildman–Crippen LogP) is 1.14. The molecule has 0 spiro atoms. The Kier molecular flexibility index (Phi) is 5.85. The molecular weight excluding hydrogens is 237 g/mol. The summed E-state index contributed by atoms with van der Waals surface area (Å²) in [6.45, 7) is 1.83. The molecule has 96 valence electrons. The predicted molar refractivity (Wildman–Crippen MR) is 65.5 cm³/mol. The van der Waals surface area contributed by atoms with Crippen molar-refractivity contribution >= 4 is 11.6 Å². The number of halogens is 1. The van der Waals surface area contributed by atoms with Crippen molar-refractivity contribution in [3.05, 3.63) is 29.6 Å². The van der Waals surface area contributed by atoms with Gasteiger partial charge in [-0.05, 0) is 25.1 Å². The van der Waals surface area contributed by atoms with Crippen molar-refractivity contribution in [3.8, 4) is 11.8 Å². The van der Waals surface area contributed by atoms with E-state index >= 15 is 0 Å². The highest BCUT2D eigenvalue weighted by atomic mass is 19.1. The van der Waals surface area contributed by atoms with Gasteiger partial charge in [0, 0.05) is 12.3 Å². The van der Waals surface area contributed by atoms with Crippen LogP contribution < -0.4 is 5.32 Å². The Balaban J connectivity index is 2.69. The molecule has 1 aromatic rings. The Morgan fingerprint density at radius 1 is 1.56 bits per heavy atom. The summed E-state index contributed by atoms with van der Waals surface area (Å²) in [5, 5.41) is 11.0. The molecule has 0 unspecified atom stereocenters. The largest absolute Gasteiger partial charge is 0.384 e. The highest BCUT2D eigenvalue weighted by Crippen LogP contribution is 2.13. The molecule has 0 saturated carbocycles. The molecule has 0 heterocycles. The summed E-state index contributed by atoms with van der Waals surface area (Å²) in [6, 6.07) is 4.15. The third-order valence-electron chi connectivity index (χ3n) is 1.99. The van der Waals surface area contributed by atoms with Crippen molar-refractivity contribution in [1.82, 2.24) is 0 Å². The lowest BCUT2D eigenvalue weighted by atomic mass is 10.2. The van der Waals surface area contributed by atoms with E-state index in [1.165, 1.54) is 18.2 Å². The molecule has 0 aliphatic rings. The Labute approximate surface area is 105 Å². The number of anilines is 1. The second-order valence-corrected chi connectivity index (χ2v) is 3.34. The Hall–Kier alpha value is -1.90. The number of carbonyl (C=O) groups excluding carboxylic acids is 1. The molecule has 0 atom stereocenters. The van der Waals surface area contributed by atoms with Gasteiger partial charge in [0.15, 0.2) is 0 Å². The SMILES string of the molecule is CCOCC(=O)Nc1ccc(C#CCO)c(F)c1. The monoisotopic (exact) mass is 251 g/mol. The van der Waals surface area contributed by atoms with Gasteiger partial charge in [0.05, 0.1) is 5.56 Å². The van der Waals surface area contributed by atoms with Crippen molar-refractivity contribution in [3.63, 3.8) is 0 Å². The number of aliphatic hydroxyl groups excluding tert-OH is 1. The zero-order chi connectivity index (χ0) is 13.4. The molecule has 0 radical (unpaired) electrons. The topological polar surface area (TPSA) is 58.6 Å². The van der Waals surface area contributed by atoms with Crippen molar-refractivity contribution < 1.29 is 19.0 Å². The number of hydrogen-bond acceptors (Lipinski definition) is 3. The minimum Gasteiger partial charge on any atom is -0.384 e. The van der Waals surface area contributed by atoms with Gasteiger partial charge in [-0.15, -0.1) is 0 Å². The van der Waals surface area contributed by atoms with Crippen molar-refractivity contribution in [2.45, 2.75) is 6.92 Å². The van der Waals surface area contributed by atoms with Crippen LogP contribution in [0.3, 0.4) is 0 Å². The van der Waals surface area contributed by atoms with Crippen LogP contribution in [0.25, 0.3) is 0 Å². The highest BCUT2D eigenvalue weighted by Gasteiger charge is 2.05. The Morgan fingerprint density at radius 2 is 2.33 bits per heavy atom. The first kappa shape index (κ1) is 14.2. The van der Waals surface area contributed by atoms with E-state index in [0.29, 0.717) is 12.3 Å². The molecule has 0 saturated heterocycles. The number of amides is 1. The maximum atomic E-state index is 13.5. The molecule has 0 aliphatic carbocycles. The average molecular weight is 251 g/mol. The van der Waals surface area contributed by atoms with Gasteiger partial charge in [0.1, 0.15) is 19.0 Å². The summed E-state index contributed by atoms with van der Waals surface area (Å²) in [4.78, 5) is 11.3. The summed E-state index contributed by atoms with van der Waals surface area (Å²) < 4.78 is 18.4. The third kappa shape index (κ3) is 4.53. The molecule has 1 aromatic carbocycles. The van der Waals surface area contributed by atoms with Crippen LogP contribution in [0.4, 0.5) is 10.1 Å². The van der Waals surface area contributed by atoms with Crippen LogP contribution in [0.15, 0.2) is 18.2 Å². The fraction of sp³-hybridized carbons (Fsp3) is 0.308. The van der Waals surface area contributed by atoms with E-state index in [-0.39, 0.29) is 24.7 Å². The fourth-order valence-corrected chi connectivity index (χ4v) is 1.22. The number of aliphatic hydroxyl groups is 1. The smallest absolute Gasteiger partial charge is 0.250 e. The summed E-state index contributed by atoms with van der Waals surface area (Å²) in [5.41, 5.74) is 0.513. The van der Waals surface area contributed by atoms with Crippen LogP contribution >= 0.6 is 0 Å². The van der Waals surface area contributed by atoms with Gasteiger partial charge < -0.3 is 15.2 Å². The first-order chi connectivity index (χ1) is 8.67. The van der Waals surface area contributed by atoms with Gasteiger partial charge in [-0.2, -0.15) is 0 Å². The van der Waals surface area contributed by atoms with E-state index in [9.17, 15) is 9.18 Å². The van der Waals surface area contributed by atoms with E-state index in [1.54, 1.807) is 6.92 Å². The maximum absolute atomic E-state index is 13.5. The number of hydrogen-bond donors (Lipinski definition) is 2. The van der Waals surface area contributed by atoms with Crippen LogP contribution in [0.1, 0.15) is 12.5 Å². The molecule has 1 amide bonds. The Morgan fingerprint density at radius 3 is 2.94 bits per heavy atom. The lowest BCUT2D eigenvalue weighted by molar-refractivity contribution is -0.120. The minimum atomic E-state index is -0.551. The molecule has 0 fully saturated rings. The van der Waals surface area contributed by atoms with E-state index < -0.39 is 5.82 Å². The zero-order valence-electron chi connectivity index (χ0n) is 10.00. The molecule has 1 rings (SSSR count). The quantitative estimate of drug-likeness (QED) is 0.789. The standard InChI is InChI=1S/C13H14FNO3/c1-2-18-9-13(17)15-11-6-5-10(4-3-7-16)12(14)8-11/h5-6,8,16H,2,7,9H2,1H3,(H,15,17). The number of ether oxygens (including phenoxy) is 1. The molecule has 4 nitrogen and oxygen atoms in total. The van der Waals surface area contributed by atoms with Crippen LogP contribution in [-0.4, -0.2) is 30.8 Å². The highest BCUT2D eigenvalue weighted by molar-refractivity contribution is 5.91.